The van der Waals surface area contributed by atoms with Crippen LogP contribution >= 0.6 is 0 Å². The molecule has 1 aromatic heterocycles. The molecule has 134 valence electrons. The molecule has 1 unspecified atom stereocenters. The molecule has 1 aliphatic heterocycles. The first-order chi connectivity index (χ1) is 12.1. The van der Waals surface area contributed by atoms with E-state index >= 15 is 0 Å². The highest BCUT2D eigenvalue weighted by Gasteiger charge is 2.20. The van der Waals surface area contributed by atoms with Gasteiger partial charge in [-0.2, -0.15) is 0 Å². The van der Waals surface area contributed by atoms with Crippen LogP contribution in [0.1, 0.15) is 24.3 Å². The Kier molecular flexibility index (Phi) is 5.83. The minimum atomic E-state index is -0.269. The molecule has 1 aliphatic rings. The Morgan fingerprint density at radius 1 is 1.16 bits per heavy atom. The summed E-state index contributed by atoms with van der Waals surface area (Å²) in [5.74, 6) is 0.699. The van der Waals surface area contributed by atoms with Crippen LogP contribution in [0.3, 0.4) is 0 Å². The average Bonchev–Trinajstić information content (AvgIpc) is 3.10. The van der Waals surface area contributed by atoms with E-state index in [0.29, 0.717) is 6.54 Å². The SMILES string of the molecule is CC(NC(=O)CN1CCN(Cc2ccco2)CC1)c1ccc(F)cc1. The number of carbonyl (C=O) groups excluding carboxylic acids is 1. The van der Waals surface area contributed by atoms with Gasteiger partial charge in [-0.25, -0.2) is 4.39 Å². The Labute approximate surface area is 147 Å². The second kappa shape index (κ2) is 8.27. The minimum absolute atomic E-state index is 0.00342. The highest BCUT2D eigenvalue weighted by atomic mass is 19.1. The number of piperazine rings is 1. The van der Waals surface area contributed by atoms with Gasteiger partial charge in [0.25, 0.3) is 0 Å². The number of rotatable bonds is 6. The number of furan rings is 1. The molecular weight excluding hydrogens is 321 g/mol. The molecule has 1 N–H and O–H groups in total. The molecule has 3 rings (SSSR count). The lowest BCUT2D eigenvalue weighted by atomic mass is 10.1. The monoisotopic (exact) mass is 345 g/mol. The predicted molar refractivity (Wildman–Crippen MR) is 93.4 cm³/mol. The van der Waals surface area contributed by atoms with Crippen LogP contribution in [0.4, 0.5) is 4.39 Å². The van der Waals surface area contributed by atoms with E-state index < -0.39 is 0 Å². The van der Waals surface area contributed by atoms with Crippen LogP contribution < -0.4 is 5.32 Å². The summed E-state index contributed by atoms with van der Waals surface area (Å²) in [6.07, 6.45) is 1.69. The number of hydrogen-bond acceptors (Lipinski definition) is 4. The maximum atomic E-state index is 13.0. The predicted octanol–water partition coefficient (Wildman–Crippen LogP) is 2.41. The van der Waals surface area contributed by atoms with Gasteiger partial charge >= 0.3 is 0 Å². The van der Waals surface area contributed by atoms with Gasteiger partial charge < -0.3 is 9.73 Å². The molecule has 1 atom stereocenters. The minimum Gasteiger partial charge on any atom is -0.468 e. The Bertz CT molecular complexity index is 664. The second-order valence-electron chi connectivity index (χ2n) is 6.47. The van der Waals surface area contributed by atoms with Crippen molar-refractivity contribution in [3.8, 4) is 0 Å². The van der Waals surface area contributed by atoms with E-state index in [2.05, 4.69) is 15.1 Å². The van der Waals surface area contributed by atoms with Gasteiger partial charge in [0.15, 0.2) is 0 Å². The second-order valence-corrected chi connectivity index (χ2v) is 6.47. The molecule has 0 saturated carbocycles. The Hall–Kier alpha value is -2.18. The molecule has 6 heteroatoms. The van der Waals surface area contributed by atoms with Crippen LogP contribution in [0.25, 0.3) is 0 Å². The molecule has 1 aromatic carbocycles. The number of nitrogens with zero attached hydrogens (tertiary/aromatic N) is 2. The number of amides is 1. The quantitative estimate of drug-likeness (QED) is 0.873. The van der Waals surface area contributed by atoms with Crippen LogP contribution in [0.5, 0.6) is 0 Å². The van der Waals surface area contributed by atoms with Crippen molar-refractivity contribution in [1.29, 1.82) is 0 Å². The summed E-state index contributed by atoms with van der Waals surface area (Å²) in [7, 11) is 0. The molecule has 2 heterocycles. The highest BCUT2D eigenvalue weighted by molar-refractivity contribution is 5.78. The summed E-state index contributed by atoms with van der Waals surface area (Å²) in [6, 6.07) is 9.98. The standard InChI is InChI=1S/C19H24FN3O2/c1-15(16-4-6-17(20)7-5-16)21-19(24)14-23-10-8-22(9-11-23)13-18-3-2-12-25-18/h2-7,12,15H,8-11,13-14H2,1H3,(H,21,24). The number of carbonyl (C=O) groups is 1. The maximum absolute atomic E-state index is 13.0. The van der Waals surface area contributed by atoms with Gasteiger partial charge in [0.1, 0.15) is 11.6 Å². The van der Waals surface area contributed by atoms with Crippen molar-refractivity contribution in [2.75, 3.05) is 32.7 Å². The van der Waals surface area contributed by atoms with Crippen molar-refractivity contribution in [3.63, 3.8) is 0 Å². The molecular formula is C19H24FN3O2. The smallest absolute Gasteiger partial charge is 0.234 e. The third kappa shape index (κ3) is 5.14. The van der Waals surface area contributed by atoms with Crippen molar-refractivity contribution < 1.29 is 13.6 Å². The Morgan fingerprint density at radius 3 is 2.48 bits per heavy atom. The van der Waals surface area contributed by atoms with Crippen molar-refractivity contribution in [2.24, 2.45) is 0 Å². The number of halogens is 1. The fraction of sp³-hybridized carbons (Fsp3) is 0.421. The van der Waals surface area contributed by atoms with E-state index in [4.69, 9.17) is 4.42 Å². The lowest BCUT2D eigenvalue weighted by Gasteiger charge is -2.34. The van der Waals surface area contributed by atoms with E-state index in [1.54, 1.807) is 18.4 Å². The molecule has 25 heavy (non-hydrogen) atoms. The van der Waals surface area contributed by atoms with E-state index in [9.17, 15) is 9.18 Å². The molecule has 0 bridgehead atoms. The fourth-order valence-electron chi connectivity index (χ4n) is 3.05. The van der Waals surface area contributed by atoms with Crippen LogP contribution in [0.15, 0.2) is 47.1 Å². The summed E-state index contributed by atoms with van der Waals surface area (Å²) in [5, 5.41) is 2.98. The lowest BCUT2D eigenvalue weighted by molar-refractivity contribution is -0.123. The summed E-state index contributed by atoms with van der Waals surface area (Å²) in [6.45, 7) is 6.67. The van der Waals surface area contributed by atoms with Crippen LogP contribution in [0, 0.1) is 5.82 Å². The first-order valence-corrected chi connectivity index (χ1v) is 8.62. The normalized spacial score (nSPS) is 17.4. The third-order valence-electron chi connectivity index (χ3n) is 4.54. The van der Waals surface area contributed by atoms with Gasteiger partial charge in [-0.15, -0.1) is 0 Å². The maximum Gasteiger partial charge on any atom is 0.234 e. The fourth-order valence-corrected chi connectivity index (χ4v) is 3.05. The van der Waals surface area contributed by atoms with Crippen LogP contribution in [0.2, 0.25) is 0 Å². The van der Waals surface area contributed by atoms with Gasteiger partial charge in [-0.05, 0) is 36.8 Å². The third-order valence-corrected chi connectivity index (χ3v) is 4.54. The number of nitrogens with one attached hydrogen (secondary N) is 1. The van der Waals surface area contributed by atoms with Crippen molar-refractivity contribution in [2.45, 2.75) is 19.5 Å². The number of hydrogen-bond donors (Lipinski definition) is 1. The number of benzene rings is 1. The molecule has 2 aromatic rings. The molecule has 0 spiro atoms. The van der Waals surface area contributed by atoms with E-state index in [-0.39, 0.29) is 17.8 Å². The van der Waals surface area contributed by atoms with Crippen LogP contribution in [-0.2, 0) is 11.3 Å². The average molecular weight is 345 g/mol. The van der Waals surface area contributed by atoms with Gasteiger partial charge in [-0.1, -0.05) is 12.1 Å². The first kappa shape index (κ1) is 17.6. The van der Waals surface area contributed by atoms with Gasteiger partial charge in [0.05, 0.1) is 25.4 Å². The molecule has 0 radical (unpaired) electrons. The zero-order valence-corrected chi connectivity index (χ0v) is 14.5. The van der Waals surface area contributed by atoms with E-state index in [0.717, 1.165) is 44.0 Å². The van der Waals surface area contributed by atoms with Gasteiger partial charge in [-0.3, -0.25) is 14.6 Å². The molecule has 1 saturated heterocycles. The summed E-state index contributed by atoms with van der Waals surface area (Å²) in [4.78, 5) is 16.7. The summed E-state index contributed by atoms with van der Waals surface area (Å²) >= 11 is 0. The Balaban J connectivity index is 1.40. The van der Waals surface area contributed by atoms with E-state index in [1.807, 2.05) is 19.1 Å². The largest absolute Gasteiger partial charge is 0.468 e. The van der Waals surface area contributed by atoms with Crippen molar-refractivity contribution >= 4 is 5.91 Å². The van der Waals surface area contributed by atoms with Crippen LogP contribution in [-0.4, -0.2) is 48.4 Å². The molecule has 1 fully saturated rings. The zero-order chi connectivity index (χ0) is 17.6. The molecule has 1 amide bonds. The first-order valence-electron chi connectivity index (χ1n) is 8.62. The molecule has 5 nitrogen and oxygen atoms in total. The highest BCUT2D eigenvalue weighted by Crippen LogP contribution is 2.13. The molecule has 0 aliphatic carbocycles. The topological polar surface area (TPSA) is 48.7 Å². The lowest BCUT2D eigenvalue weighted by Crippen LogP contribution is -2.49. The zero-order valence-electron chi connectivity index (χ0n) is 14.5. The van der Waals surface area contributed by atoms with Gasteiger partial charge in [0.2, 0.25) is 5.91 Å². The Morgan fingerprint density at radius 2 is 1.84 bits per heavy atom. The van der Waals surface area contributed by atoms with Gasteiger partial charge in [0, 0.05) is 26.2 Å². The van der Waals surface area contributed by atoms with Crippen molar-refractivity contribution in [3.05, 3.63) is 59.8 Å². The summed E-state index contributed by atoms with van der Waals surface area (Å²) < 4.78 is 18.3. The summed E-state index contributed by atoms with van der Waals surface area (Å²) in [5.41, 5.74) is 0.901. The van der Waals surface area contributed by atoms with Crippen molar-refractivity contribution in [1.82, 2.24) is 15.1 Å². The van der Waals surface area contributed by atoms with E-state index in [1.165, 1.54) is 12.1 Å².